The highest BCUT2D eigenvalue weighted by Crippen LogP contribution is 2.27. The molecular formula is C12H14FN3O. The zero-order valence-electron chi connectivity index (χ0n) is 9.23. The summed E-state index contributed by atoms with van der Waals surface area (Å²) in [5.41, 5.74) is 7.57. The molecule has 17 heavy (non-hydrogen) atoms. The standard InChI is InChI=1S/C12H14FN3O/c13-9-3-1-8(2-4-9)12-10(7-15-16-12)11(17)5-6-14/h1-4,7,11,17H,5-6,14H2,(H,15,16). The molecule has 4 N–H and O–H groups in total. The summed E-state index contributed by atoms with van der Waals surface area (Å²) >= 11 is 0. The summed E-state index contributed by atoms with van der Waals surface area (Å²) in [6.45, 7) is 0.398. The highest BCUT2D eigenvalue weighted by atomic mass is 19.1. The van der Waals surface area contributed by atoms with E-state index in [4.69, 9.17) is 5.73 Å². The molecule has 1 aromatic heterocycles. The van der Waals surface area contributed by atoms with Gasteiger partial charge in [0.2, 0.25) is 0 Å². The van der Waals surface area contributed by atoms with Gasteiger partial charge in [0.25, 0.3) is 0 Å². The molecule has 2 rings (SSSR count). The van der Waals surface area contributed by atoms with Crippen molar-refractivity contribution in [1.29, 1.82) is 0 Å². The van der Waals surface area contributed by atoms with Crippen molar-refractivity contribution in [1.82, 2.24) is 10.2 Å². The Hall–Kier alpha value is -1.72. The Balaban J connectivity index is 2.33. The van der Waals surface area contributed by atoms with E-state index in [-0.39, 0.29) is 5.82 Å². The van der Waals surface area contributed by atoms with Gasteiger partial charge in [0, 0.05) is 11.1 Å². The number of aromatic nitrogens is 2. The third-order valence-electron chi connectivity index (χ3n) is 2.60. The topological polar surface area (TPSA) is 74.9 Å². The van der Waals surface area contributed by atoms with Gasteiger partial charge in [-0.2, -0.15) is 5.10 Å². The third kappa shape index (κ3) is 2.51. The number of aliphatic hydroxyl groups is 1. The van der Waals surface area contributed by atoms with Crippen LogP contribution in [0.1, 0.15) is 18.1 Å². The summed E-state index contributed by atoms with van der Waals surface area (Å²) in [6.07, 6.45) is 1.38. The number of nitrogens with zero attached hydrogens (tertiary/aromatic N) is 1. The lowest BCUT2D eigenvalue weighted by Gasteiger charge is -2.09. The van der Waals surface area contributed by atoms with Crippen LogP contribution in [-0.4, -0.2) is 21.8 Å². The lowest BCUT2D eigenvalue weighted by molar-refractivity contribution is 0.171. The molecule has 1 aromatic carbocycles. The van der Waals surface area contributed by atoms with Crippen molar-refractivity contribution in [2.45, 2.75) is 12.5 Å². The van der Waals surface area contributed by atoms with Crippen LogP contribution in [0, 0.1) is 5.82 Å². The molecule has 0 saturated heterocycles. The molecule has 0 radical (unpaired) electrons. The molecule has 0 aliphatic heterocycles. The molecule has 5 heteroatoms. The van der Waals surface area contributed by atoms with Crippen molar-refractivity contribution in [3.05, 3.63) is 41.8 Å². The summed E-state index contributed by atoms with van der Waals surface area (Å²) < 4.78 is 12.8. The van der Waals surface area contributed by atoms with Crippen molar-refractivity contribution >= 4 is 0 Å². The number of H-pyrrole nitrogens is 1. The Labute approximate surface area is 98.3 Å². The van der Waals surface area contributed by atoms with Crippen LogP contribution in [0.5, 0.6) is 0 Å². The number of benzene rings is 1. The van der Waals surface area contributed by atoms with Crippen molar-refractivity contribution in [2.24, 2.45) is 5.73 Å². The van der Waals surface area contributed by atoms with Crippen LogP contribution in [0.3, 0.4) is 0 Å². The maximum atomic E-state index is 12.8. The second-order valence-electron chi connectivity index (χ2n) is 3.80. The summed E-state index contributed by atoms with van der Waals surface area (Å²) in [5.74, 6) is -0.294. The first-order valence-electron chi connectivity index (χ1n) is 5.39. The van der Waals surface area contributed by atoms with E-state index in [9.17, 15) is 9.50 Å². The van der Waals surface area contributed by atoms with Crippen LogP contribution in [0.2, 0.25) is 0 Å². The van der Waals surface area contributed by atoms with Gasteiger partial charge in [-0.05, 0) is 37.2 Å². The number of aliphatic hydroxyl groups excluding tert-OH is 1. The highest BCUT2D eigenvalue weighted by Gasteiger charge is 2.15. The first-order valence-corrected chi connectivity index (χ1v) is 5.39. The van der Waals surface area contributed by atoms with Crippen LogP contribution in [-0.2, 0) is 0 Å². The van der Waals surface area contributed by atoms with Gasteiger partial charge in [-0.25, -0.2) is 4.39 Å². The fourth-order valence-electron chi connectivity index (χ4n) is 1.71. The fraction of sp³-hybridized carbons (Fsp3) is 0.250. The van der Waals surface area contributed by atoms with Crippen molar-refractivity contribution in [2.75, 3.05) is 6.54 Å². The van der Waals surface area contributed by atoms with Crippen LogP contribution < -0.4 is 5.73 Å². The molecule has 1 unspecified atom stereocenters. The molecule has 90 valence electrons. The Morgan fingerprint density at radius 1 is 1.35 bits per heavy atom. The number of rotatable bonds is 4. The van der Waals surface area contributed by atoms with Gasteiger partial charge in [0.05, 0.1) is 18.0 Å². The summed E-state index contributed by atoms with van der Waals surface area (Å²) in [5, 5.41) is 16.6. The minimum absolute atomic E-state index is 0.294. The highest BCUT2D eigenvalue weighted by molar-refractivity contribution is 5.62. The zero-order valence-corrected chi connectivity index (χ0v) is 9.23. The SMILES string of the molecule is NCCC(O)c1cn[nH]c1-c1ccc(F)cc1. The van der Waals surface area contributed by atoms with Crippen LogP contribution in [0.4, 0.5) is 4.39 Å². The van der Waals surface area contributed by atoms with E-state index in [0.717, 1.165) is 5.56 Å². The maximum Gasteiger partial charge on any atom is 0.123 e. The van der Waals surface area contributed by atoms with Crippen molar-refractivity contribution < 1.29 is 9.50 Å². The van der Waals surface area contributed by atoms with E-state index in [1.165, 1.54) is 12.1 Å². The van der Waals surface area contributed by atoms with Crippen LogP contribution in [0.25, 0.3) is 11.3 Å². The molecule has 0 saturated carbocycles. The van der Waals surface area contributed by atoms with Gasteiger partial charge in [0.1, 0.15) is 5.82 Å². The average molecular weight is 235 g/mol. The van der Waals surface area contributed by atoms with Crippen molar-refractivity contribution in [3.8, 4) is 11.3 Å². The predicted molar refractivity (Wildman–Crippen MR) is 62.6 cm³/mol. The number of hydrogen-bond donors (Lipinski definition) is 3. The number of nitrogens with two attached hydrogens (primary N) is 1. The Morgan fingerprint density at radius 3 is 2.71 bits per heavy atom. The maximum absolute atomic E-state index is 12.8. The number of hydrogen-bond acceptors (Lipinski definition) is 3. The van der Waals surface area contributed by atoms with E-state index < -0.39 is 6.10 Å². The van der Waals surface area contributed by atoms with E-state index in [1.54, 1.807) is 18.3 Å². The normalized spacial score (nSPS) is 12.6. The van der Waals surface area contributed by atoms with Crippen LogP contribution >= 0.6 is 0 Å². The molecule has 0 amide bonds. The van der Waals surface area contributed by atoms with Gasteiger partial charge < -0.3 is 10.8 Å². The van der Waals surface area contributed by atoms with E-state index in [2.05, 4.69) is 10.2 Å². The Morgan fingerprint density at radius 2 is 2.06 bits per heavy atom. The van der Waals surface area contributed by atoms with E-state index in [1.807, 2.05) is 0 Å². The smallest absolute Gasteiger partial charge is 0.123 e. The van der Waals surface area contributed by atoms with Gasteiger partial charge in [-0.1, -0.05) is 0 Å². The molecule has 0 bridgehead atoms. The van der Waals surface area contributed by atoms with Gasteiger partial charge in [0.15, 0.2) is 0 Å². The minimum atomic E-state index is -0.654. The van der Waals surface area contributed by atoms with Gasteiger partial charge in [-0.15, -0.1) is 0 Å². The van der Waals surface area contributed by atoms with Crippen molar-refractivity contribution in [3.63, 3.8) is 0 Å². The lowest BCUT2D eigenvalue weighted by atomic mass is 10.0. The Bertz CT molecular complexity index is 481. The molecule has 2 aromatic rings. The van der Waals surface area contributed by atoms with E-state index >= 15 is 0 Å². The second kappa shape index (κ2) is 5.07. The summed E-state index contributed by atoms with van der Waals surface area (Å²) in [4.78, 5) is 0. The average Bonchev–Trinajstić information content (AvgIpc) is 2.79. The molecule has 4 nitrogen and oxygen atoms in total. The molecular weight excluding hydrogens is 221 g/mol. The fourth-order valence-corrected chi connectivity index (χ4v) is 1.71. The summed E-state index contributed by atoms with van der Waals surface area (Å²) in [7, 11) is 0. The Kier molecular flexibility index (Phi) is 3.51. The molecule has 0 fully saturated rings. The van der Waals surface area contributed by atoms with Gasteiger partial charge in [-0.3, -0.25) is 5.10 Å². The molecule has 0 aliphatic carbocycles. The van der Waals surface area contributed by atoms with Crippen LogP contribution in [0.15, 0.2) is 30.5 Å². The first kappa shape index (κ1) is 11.8. The molecule has 0 spiro atoms. The molecule has 1 atom stereocenters. The molecule has 0 aliphatic rings. The number of nitrogens with one attached hydrogen (secondary N) is 1. The largest absolute Gasteiger partial charge is 0.388 e. The lowest BCUT2D eigenvalue weighted by Crippen LogP contribution is -2.06. The predicted octanol–water partition coefficient (Wildman–Crippen LogP) is 1.60. The minimum Gasteiger partial charge on any atom is -0.388 e. The zero-order chi connectivity index (χ0) is 12.3. The monoisotopic (exact) mass is 235 g/mol. The van der Waals surface area contributed by atoms with Gasteiger partial charge >= 0.3 is 0 Å². The summed E-state index contributed by atoms with van der Waals surface area (Å²) in [6, 6.07) is 6.02. The van der Waals surface area contributed by atoms with E-state index in [0.29, 0.717) is 24.2 Å². The molecule has 1 heterocycles. The quantitative estimate of drug-likeness (QED) is 0.753. The number of halogens is 1. The first-order chi connectivity index (χ1) is 8.22. The second-order valence-corrected chi connectivity index (χ2v) is 3.80. The third-order valence-corrected chi connectivity index (χ3v) is 2.60. The number of aromatic amines is 1.